The Morgan fingerprint density at radius 2 is 2.00 bits per heavy atom. The Hall–Kier alpha value is -1.55. The highest BCUT2D eigenvalue weighted by Crippen LogP contribution is 2.18. The number of nitrogens with zero attached hydrogens (tertiary/aromatic N) is 1. The summed E-state index contributed by atoms with van der Waals surface area (Å²) in [5, 5.41) is 0. The van der Waals surface area contributed by atoms with Gasteiger partial charge in [-0.15, -0.1) is 0 Å². The minimum Gasteiger partial charge on any atom is -0.492 e. The third kappa shape index (κ3) is 3.24. The molecule has 16 heavy (non-hydrogen) atoms. The molecule has 0 unspecified atom stereocenters. The molecule has 0 fully saturated rings. The minimum absolute atomic E-state index is 0.0932. The summed E-state index contributed by atoms with van der Waals surface area (Å²) in [6, 6.07) is 7.40. The summed E-state index contributed by atoms with van der Waals surface area (Å²) < 4.78 is 5.35. The van der Waals surface area contributed by atoms with Crippen LogP contribution >= 0.6 is 0 Å². The average molecular weight is 222 g/mol. The van der Waals surface area contributed by atoms with Gasteiger partial charge in [-0.05, 0) is 24.3 Å². The van der Waals surface area contributed by atoms with Crippen molar-refractivity contribution in [1.82, 2.24) is 0 Å². The Balaban J connectivity index is 2.67. The standard InChI is InChI=1S/C12H18N2O2/c1-3-12(15)14(2)10-4-6-11(7-5-10)16-9-8-13/h4-7H,3,8-9,13H2,1-2H3. The van der Waals surface area contributed by atoms with E-state index in [2.05, 4.69) is 0 Å². The van der Waals surface area contributed by atoms with Gasteiger partial charge >= 0.3 is 0 Å². The molecule has 0 aliphatic carbocycles. The van der Waals surface area contributed by atoms with E-state index in [0.717, 1.165) is 11.4 Å². The van der Waals surface area contributed by atoms with Gasteiger partial charge in [-0.3, -0.25) is 4.79 Å². The quantitative estimate of drug-likeness (QED) is 0.819. The first-order valence-corrected chi connectivity index (χ1v) is 5.38. The second-order valence-electron chi connectivity index (χ2n) is 3.44. The van der Waals surface area contributed by atoms with Crippen molar-refractivity contribution in [2.24, 2.45) is 5.73 Å². The van der Waals surface area contributed by atoms with E-state index < -0.39 is 0 Å². The third-order valence-electron chi connectivity index (χ3n) is 2.29. The fraction of sp³-hybridized carbons (Fsp3) is 0.417. The van der Waals surface area contributed by atoms with Crippen LogP contribution in [-0.4, -0.2) is 26.1 Å². The number of ether oxygens (including phenoxy) is 1. The molecule has 4 nitrogen and oxygen atoms in total. The first-order valence-electron chi connectivity index (χ1n) is 5.38. The fourth-order valence-electron chi connectivity index (χ4n) is 1.32. The van der Waals surface area contributed by atoms with Gasteiger partial charge in [0.1, 0.15) is 12.4 Å². The summed E-state index contributed by atoms with van der Waals surface area (Å²) in [7, 11) is 1.77. The lowest BCUT2D eigenvalue weighted by atomic mass is 10.2. The maximum absolute atomic E-state index is 11.4. The molecule has 0 aliphatic heterocycles. The molecule has 0 spiro atoms. The Morgan fingerprint density at radius 1 is 1.38 bits per heavy atom. The lowest BCUT2D eigenvalue weighted by Crippen LogP contribution is -2.24. The molecule has 0 aliphatic rings. The number of hydrogen-bond donors (Lipinski definition) is 1. The Labute approximate surface area is 96.0 Å². The van der Waals surface area contributed by atoms with Crippen LogP contribution < -0.4 is 15.4 Å². The molecule has 0 saturated carbocycles. The third-order valence-corrected chi connectivity index (χ3v) is 2.29. The molecule has 0 saturated heterocycles. The fourth-order valence-corrected chi connectivity index (χ4v) is 1.32. The van der Waals surface area contributed by atoms with Crippen LogP contribution in [0.4, 0.5) is 5.69 Å². The predicted octanol–water partition coefficient (Wildman–Crippen LogP) is 1.40. The van der Waals surface area contributed by atoms with Crippen LogP contribution in [0, 0.1) is 0 Å². The zero-order valence-corrected chi connectivity index (χ0v) is 9.77. The maximum Gasteiger partial charge on any atom is 0.226 e. The van der Waals surface area contributed by atoms with Gasteiger partial charge in [-0.1, -0.05) is 6.92 Å². The van der Waals surface area contributed by atoms with E-state index in [9.17, 15) is 4.79 Å². The number of amides is 1. The molecule has 0 heterocycles. The molecule has 1 aromatic rings. The van der Waals surface area contributed by atoms with Crippen molar-refractivity contribution in [2.45, 2.75) is 13.3 Å². The zero-order valence-electron chi connectivity index (χ0n) is 9.77. The molecule has 1 amide bonds. The van der Waals surface area contributed by atoms with E-state index in [1.807, 2.05) is 31.2 Å². The number of benzene rings is 1. The van der Waals surface area contributed by atoms with Gasteiger partial charge in [-0.25, -0.2) is 0 Å². The monoisotopic (exact) mass is 222 g/mol. The maximum atomic E-state index is 11.4. The van der Waals surface area contributed by atoms with Gasteiger partial charge < -0.3 is 15.4 Å². The molecule has 0 atom stereocenters. The van der Waals surface area contributed by atoms with Crippen molar-refractivity contribution in [3.05, 3.63) is 24.3 Å². The van der Waals surface area contributed by atoms with Gasteiger partial charge in [0, 0.05) is 25.7 Å². The molecule has 2 N–H and O–H groups in total. The predicted molar refractivity (Wildman–Crippen MR) is 64.7 cm³/mol. The normalized spacial score (nSPS) is 9.94. The molecule has 0 bridgehead atoms. The van der Waals surface area contributed by atoms with E-state index >= 15 is 0 Å². The molecular formula is C12H18N2O2. The van der Waals surface area contributed by atoms with Crippen molar-refractivity contribution in [2.75, 3.05) is 25.1 Å². The van der Waals surface area contributed by atoms with Crippen LogP contribution in [-0.2, 0) is 4.79 Å². The van der Waals surface area contributed by atoms with Crippen LogP contribution in [0.2, 0.25) is 0 Å². The number of hydrogen-bond acceptors (Lipinski definition) is 3. The average Bonchev–Trinajstić information content (AvgIpc) is 2.35. The summed E-state index contributed by atoms with van der Waals surface area (Å²) in [4.78, 5) is 13.1. The summed E-state index contributed by atoms with van der Waals surface area (Å²) in [6.07, 6.45) is 0.502. The highest BCUT2D eigenvalue weighted by Gasteiger charge is 2.07. The smallest absolute Gasteiger partial charge is 0.226 e. The molecule has 88 valence electrons. The number of carbonyl (C=O) groups is 1. The van der Waals surface area contributed by atoms with Crippen molar-refractivity contribution < 1.29 is 9.53 Å². The van der Waals surface area contributed by atoms with Gasteiger partial charge in [0.15, 0.2) is 0 Å². The van der Waals surface area contributed by atoms with Crippen molar-refractivity contribution >= 4 is 11.6 Å². The van der Waals surface area contributed by atoms with E-state index in [-0.39, 0.29) is 5.91 Å². The summed E-state index contributed by atoms with van der Waals surface area (Å²) in [5.41, 5.74) is 6.20. The first kappa shape index (κ1) is 12.5. The molecular weight excluding hydrogens is 204 g/mol. The lowest BCUT2D eigenvalue weighted by Gasteiger charge is -2.16. The summed E-state index contributed by atoms with van der Waals surface area (Å²) in [5.74, 6) is 0.863. The van der Waals surface area contributed by atoms with Crippen molar-refractivity contribution in [3.63, 3.8) is 0 Å². The summed E-state index contributed by atoms with van der Waals surface area (Å²) in [6.45, 7) is 2.84. The first-order chi connectivity index (χ1) is 7.69. The zero-order chi connectivity index (χ0) is 12.0. The van der Waals surface area contributed by atoms with Gasteiger partial charge in [0.25, 0.3) is 0 Å². The van der Waals surface area contributed by atoms with Crippen LogP contribution in [0.5, 0.6) is 5.75 Å². The van der Waals surface area contributed by atoms with Gasteiger partial charge in [0.2, 0.25) is 5.91 Å². The molecule has 1 aromatic carbocycles. The van der Waals surface area contributed by atoms with E-state index in [1.54, 1.807) is 11.9 Å². The summed E-state index contributed by atoms with van der Waals surface area (Å²) >= 11 is 0. The second-order valence-corrected chi connectivity index (χ2v) is 3.44. The van der Waals surface area contributed by atoms with Crippen molar-refractivity contribution in [1.29, 1.82) is 0 Å². The highest BCUT2D eigenvalue weighted by atomic mass is 16.5. The number of carbonyl (C=O) groups excluding carboxylic acids is 1. The molecule has 4 heteroatoms. The van der Waals surface area contributed by atoms with Crippen LogP contribution in [0.1, 0.15) is 13.3 Å². The Bertz CT molecular complexity index is 335. The largest absolute Gasteiger partial charge is 0.492 e. The second kappa shape index (κ2) is 6.12. The highest BCUT2D eigenvalue weighted by molar-refractivity contribution is 5.92. The molecule has 0 radical (unpaired) electrons. The number of nitrogens with two attached hydrogens (primary N) is 1. The van der Waals surface area contributed by atoms with Gasteiger partial charge in [-0.2, -0.15) is 0 Å². The number of rotatable bonds is 5. The van der Waals surface area contributed by atoms with Crippen LogP contribution in [0.25, 0.3) is 0 Å². The number of anilines is 1. The van der Waals surface area contributed by atoms with E-state index in [0.29, 0.717) is 19.6 Å². The molecule has 1 rings (SSSR count). The van der Waals surface area contributed by atoms with E-state index in [1.165, 1.54) is 0 Å². The SMILES string of the molecule is CCC(=O)N(C)c1ccc(OCCN)cc1. The molecule has 0 aromatic heterocycles. The Kier molecular flexibility index (Phi) is 4.79. The van der Waals surface area contributed by atoms with Gasteiger partial charge in [0.05, 0.1) is 0 Å². The van der Waals surface area contributed by atoms with E-state index in [4.69, 9.17) is 10.5 Å². The minimum atomic E-state index is 0.0932. The Morgan fingerprint density at radius 3 is 2.50 bits per heavy atom. The topological polar surface area (TPSA) is 55.6 Å². The van der Waals surface area contributed by atoms with Crippen molar-refractivity contribution in [3.8, 4) is 5.75 Å². The van der Waals surface area contributed by atoms with Crippen LogP contribution in [0.15, 0.2) is 24.3 Å². The lowest BCUT2D eigenvalue weighted by molar-refractivity contribution is -0.118. The van der Waals surface area contributed by atoms with Crippen LogP contribution in [0.3, 0.4) is 0 Å².